The summed E-state index contributed by atoms with van der Waals surface area (Å²) in [6.07, 6.45) is -4.92. The Morgan fingerprint density at radius 2 is 2.05 bits per heavy atom. The van der Waals surface area contributed by atoms with Gasteiger partial charge in [0.15, 0.2) is 6.23 Å². The van der Waals surface area contributed by atoms with Crippen LogP contribution in [0.1, 0.15) is 6.23 Å². The van der Waals surface area contributed by atoms with Gasteiger partial charge in [0, 0.05) is 0 Å². The Balaban J connectivity index is 2.20. The van der Waals surface area contributed by atoms with Crippen LogP contribution in [0.15, 0.2) is 10.9 Å². The van der Waals surface area contributed by atoms with Gasteiger partial charge in [0.2, 0.25) is 0 Å². The van der Waals surface area contributed by atoms with Crippen molar-refractivity contribution in [1.29, 1.82) is 0 Å². The third-order valence-corrected chi connectivity index (χ3v) is 4.52. The van der Waals surface area contributed by atoms with Crippen LogP contribution in [0, 0.1) is 0 Å². The quantitative estimate of drug-likeness (QED) is 0.478. The molecular weight excluding hydrogens is 337 g/mol. The average molecular weight is 350 g/mol. The van der Waals surface area contributed by atoms with Gasteiger partial charge < -0.3 is 30.8 Å². The highest BCUT2D eigenvalue weighted by atomic mass is 35.5. The number of nitrogens with one attached hydrogen (secondary N) is 1. The first-order valence-electron chi connectivity index (χ1n) is 6.37. The normalized spacial score (nSPS) is 28.6. The first kappa shape index (κ1) is 15.6. The molecule has 4 unspecified atom stereocenters. The molecule has 1 aliphatic heterocycles. The Labute approximate surface area is 133 Å². The van der Waals surface area contributed by atoms with Gasteiger partial charge in [0.1, 0.15) is 18.3 Å². The molecule has 2 heterocycles. The van der Waals surface area contributed by atoms with E-state index in [1.54, 1.807) is 0 Å². The van der Waals surface area contributed by atoms with Crippen molar-refractivity contribution in [2.75, 3.05) is 12.3 Å². The number of hydrogen-bond acceptors (Lipinski definition) is 6. The minimum atomic E-state index is -1.40. The summed E-state index contributed by atoms with van der Waals surface area (Å²) in [5.41, 5.74) is 5.81. The second-order valence-corrected chi connectivity index (χ2v) is 5.79. The molecule has 2 aromatic rings. The lowest BCUT2D eigenvalue weighted by atomic mass is 10.1. The molecule has 0 bridgehead atoms. The van der Waals surface area contributed by atoms with Gasteiger partial charge in [-0.2, -0.15) is 0 Å². The Kier molecular flexibility index (Phi) is 3.84. The zero-order valence-electron chi connectivity index (χ0n) is 11.0. The Bertz CT molecular complexity index is 789. The minimum Gasteiger partial charge on any atom is -0.396 e. The number of aliphatic hydroxyl groups is 3. The topological polar surface area (TPSA) is 134 Å². The van der Waals surface area contributed by atoms with Crippen LogP contribution >= 0.6 is 23.2 Å². The van der Waals surface area contributed by atoms with Crippen LogP contribution in [0.4, 0.5) is 5.69 Å². The summed E-state index contributed by atoms with van der Waals surface area (Å²) in [5, 5.41) is 29.2. The minimum absolute atomic E-state index is 0.0896. The number of ether oxygens (including phenoxy) is 1. The third-order valence-electron chi connectivity index (χ3n) is 3.72. The van der Waals surface area contributed by atoms with E-state index in [0.717, 1.165) is 4.57 Å². The average Bonchev–Trinajstić information content (AvgIpc) is 2.95. The first-order chi connectivity index (χ1) is 10.4. The Morgan fingerprint density at radius 1 is 1.36 bits per heavy atom. The summed E-state index contributed by atoms with van der Waals surface area (Å²) in [7, 11) is 0. The second kappa shape index (κ2) is 5.41. The molecule has 0 radical (unpaired) electrons. The van der Waals surface area contributed by atoms with Gasteiger partial charge in [-0.1, -0.05) is 23.2 Å². The summed E-state index contributed by atoms with van der Waals surface area (Å²) < 4.78 is 6.44. The molecule has 0 aliphatic carbocycles. The van der Waals surface area contributed by atoms with E-state index in [1.165, 1.54) is 6.07 Å². The number of aliphatic hydroxyl groups excluding tert-OH is 3. The smallest absolute Gasteiger partial charge is 0.328 e. The van der Waals surface area contributed by atoms with E-state index in [4.69, 9.17) is 38.8 Å². The van der Waals surface area contributed by atoms with Crippen molar-refractivity contribution < 1.29 is 20.1 Å². The number of H-pyrrole nitrogens is 1. The first-order valence-corrected chi connectivity index (χ1v) is 7.12. The predicted octanol–water partition coefficient (Wildman–Crippen LogP) is -0.170. The fourth-order valence-electron chi connectivity index (χ4n) is 2.58. The number of nitrogen functional groups attached to an aromatic ring is 1. The van der Waals surface area contributed by atoms with Gasteiger partial charge in [-0.25, -0.2) is 4.79 Å². The van der Waals surface area contributed by atoms with Crippen molar-refractivity contribution in [3.05, 3.63) is 26.6 Å². The molecule has 0 saturated carbocycles. The van der Waals surface area contributed by atoms with Crippen LogP contribution in [0.3, 0.4) is 0 Å². The molecule has 4 atom stereocenters. The number of nitrogens with zero attached hydrogens (tertiary/aromatic N) is 1. The number of fused-ring (bicyclic) bond motifs is 1. The molecule has 1 saturated heterocycles. The van der Waals surface area contributed by atoms with Crippen molar-refractivity contribution in [2.24, 2.45) is 0 Å². The van der Waals surface area contributed by atoms with Crippen LogP contribution in [0.25, 0.3) is 11.0 Å². The number of rotatable bonds is 2. The van der Waals surface area contributed by atoms with Crippen LogP contribution in [0.5, 0.6) is 0 Å². The molecule has 10 heteroatoms. The van der Waals surface area contributed by atoms with Crippen molar-refractivity contribution in [3.8, 4) is 0 Å². The van der Waals surface area contributed by atoms with Crippen LogP contribution < -0.4 is 11.4 Å². The van der Waals surface area contributed by atoms with Gasteiger partial charge in [0.25, 0.3) is 0 Å². The third kappa shape index (κ3) is 2.11. The maximum Gasteiger partial charge on any atom is 0.328 e. The Hall–Kier alpha value is -1.29. The lowest BCUT2D eigenvalue weighted by molar-refractivity contribution is -0.0522. The molecule has 22 heavy (non-hydrogen) atoms. The molecule has 6 N–H and O–H groups in total. The van der Waals surface area contributed by atoms with E-state index in [9.17, 15) is 15.0 Å². The monoisotopic (exact) mass is 349 g/mol. The molecule has 0 spiro atoms. The van der Waals surface area contributed by atoms with E-state index in [0.29, 0.717) is 0 Å². The number of aromatic nitrogens is 2. The van der Waals surface area contributed by atoms with Gasteiger partial charge in [-0.05, 0) is 6.07 Å². The van der Waals surface area contributed by atoms with Crippen molar-refractivity contribution >= 4 is 39.9 Å². The van der Waals surface area contributed by atoms with Crippen LogP contribution in [-0.4, -0.2) is 49.8 Å². The van der Waals surface area contributed by atoms with E-state index >= 15 is 0 Å². The fourth-order valence-corrected chi connectivity index (χ4v) is 2.93. The van der Waals surface area contributed by atoms with Crippen LogP contribution in [-0.2, 0) is 4.74 Å². The van der Waals surface area contributed by atoms with Gasteiger partial charge in [0.05, 0.1) is 33.4 Å². The van der Waals surface area contributed by atoms with Crippen molar-refractivity contribution in [2.45, 2.75) is 24.5 Å². The lowest BCUT2D eigenvalue weighted by Crippen LogP contribution is -2.34. The van der Waals surface area contributed by atoms with Crippen molar-refractivity contribution in [1.82, 2.24) is 9.55 Å². The number of benzene rings is 1. The highest BCUT2D eigenvalue weighted by molar-refractivity contribution is 6.44. The summed E-state index contributed by atoms with van der Waals surface area (Å²) in [6, 6.07) is 1.40. The zero-order chi connectivity index (χ0) is 16.2. The molecule has 1 aliphatic rings. The summed E-state index contributed by atoms with van der Waals surface area (Å²) in [6.45, 7) is -0.499. The zero-order valence-corrected chi connectivity index (χ0v) is 12.5. The molecule has 1 fully saturated rings. The number of nitrogens with two attached hydrogens (primary N) is 1. The second-order valence-electron chi connectivity index (χ2n) is 5.01. The van der Waals surface area contributed by atoms with E-state index in [2.05, 4.69) is 4.98 Å². The predicted molar refractivity (Wildman–Crippen MR) is 80.0 cm³/mol. The molecular formula is C12H13Cl2N3O5. The van der Waals surface area contributed by atoms with Gasteiger partial charge in [-0.15, -0.1) is 0 Å². The van der Waals surface area contributed by atoms with E-state index in [1.807, 2.05) is 0 Å². The molecule has 1 aromatic carbocycles. The van der Waals surface area contributed by atoms with Gasteiger partial charge >= 0.3 is 5.69 Å². The summed E-state index contributed by atoms with van der Waals surface area (Å²) >= 11 is 11.9. The molecule has 1 aromatic heterocycles. The Morgan fingerprint density at radius 3 is 2.64 bits per heavy atom. The number of hydrogen-bond donors (Lipinski definition) is 5. The summed E-state index contributed by atoms with van der Waals surface area (Å²) in [5.74, 6) is 0. The number of anilines is 1. The highest BCUT2D eigenvalue weighted by Crippen LogP contribution is 2.36. The standard InChI is InChI=1S/C12H13Cl2N3O5/c13-3-1-4-8(7(15)6(3)14)16-12(21)17(4)11-10(20)9(19)5(2-18)22-11/h1,5,9-11,18-20H,2,15H2,(H,16,21). The lowest BCUT2D eigenvalue weighted by Gasteiger charge is -2.16. The van der Waals surface area contributed by atoms with Gasteiger partial charge in [-0.3, -0.25) is 4.57 Å². The highest BCUT2D eigenvalue weighted by Gasteiger charge is 2.44. The molecule has 8 nitrogen and oxygen atoms in total. The number of aromatic amines is 1. The largest absolute Gasteiger partial charge is 0.396 e. The number of imidazole rings is 1. The maximum atomic E-state index is 12.2. The summed E-state index contributed by atoms with van der Waals surface area (Å²) in [4.78, 5) is 14.7. The van der Waals surface area contributed by atoms with Crippen LogP contribution in [0.2, 0.25) is 10.0 Å². The molecule has 120 valence electrons. The maximum absolute atomic E-state index is 12.2. The van der Waals surface area contributed by atoms with E-state index < -0.39 is 36.8 Å². The SMILES string of the molecule is Nc1c(Cl)c(Cl)cc2c1[nH]c(=O)n2C1OC(CO)C(O)C1O. The fraction of sp³-hybridized carbons (Fsp3) is 0.417. The number of halogens is 2. The molecule has 3 rings (SSSR count). The molecule has 0 amide bonds. The van der Waals surface area contributed by atoms with Crippen molar-refractivity contribution in [3.63, 3.8) is 0 Å². The van der Waals surface area contributed by atoms with E-state index in [-0.39, 0.29) is 26.8 Å².